The number of nitro benzene ring substituents is 1. The predicted octanol–water partition coefficient (Wildman–Crippen LogP) is 3.83. The first-order chi connectivity index (χ1) is 12.4. The summed E-state index contributed by atoms with van der Waals surface area (Å²) in [5.74, 6) is -1.10. The van der Waals surface area contributed by atoms with Gasteiger partial charge in [-0.15, -0.1) is 0 Å². The monoisotopic (exact) mass is 373 g/mol. The molecule has 0 unspecified atom stereocenters. The van der Waals surface area contributed by atoms with Crippen molar-refractivity contribution in [2.24, 2.45) is 15.3 Å². The number of phenols is 1. The molecule has 0 fully saturated rings. The van der Waals surface area contributed by atoms with E-state index in [0.29, 0.717) is 11.4 Å². The number of hydrogen-bond donors (Lipinski definition) is 1. The number of halogens is 1. The molecule has 0 saturated heterocycles. The van der Waals surface area contributed by atoms with E-state index in [1.54, 1.807) is 31.2 Å². The number of carbonyl (C=O) groups is 1. The first kappa shape index (κ1) is 17.5. The van der Waals surface area contributed by atoms with Gasteiger partial charge in [0.1, 0.15) is 5.69 Å². The number of anilines is 1. The van der Waals surface area contributed by atoms with Gasteiger partial charge in [0.2, 0.25) is 5.75 Å². The van der Waals surface area contributed by atoms with Gasteiger partial charge in [0, 0.05) is 11.1 Å². The lowest BCUT2D eigenvalue weighted by molar-refractivity contribution is -0.385. The van der Waals surface area contributed by atoms with Crippen molar-refractivity contribution >= 4 is 40.3 Å². The molecular formula is C16H12ClN5O4. The number of carbonyl (C=O) groups excluding carboxylic acids is 1. The predicted molar refractivity (Wildman–Crippen MR) is 95.1 cm³/mol. The Kier molecular flexibility index (Phi) is 4.63. The molecule has 1 heterocycles. The van der Waals surface area contributed by atoms with E-state index in [1.807, 2.05) is 6.07 Å². The highest BCUT2D eigenvalue weighted by atomic mass is 35.5. The Morgan fingerprint density at radius 1 is 1.31 bits per heavy atom. The minimum absolute atomic E-state index is 0.0116. The van der Waals surface area contributed by atoms with Crippen LogP contribution >= 0.6 is 11.6 Å². The molecule has 1 aliphatic rings. The van der Waals surface area contributed by atoms with Crippen molar-refractivity contribution < 1.29 is 14.8 Å². The van der Waals surface area contributed by atoms with Crippen molar-refractivity contribution in [2.45, 2.75) is 13.0 Å². The van der Waals surface area contributed by atoms with Gasteiger partial charge in [0.25, 0.3) is 5.91 Å². The molecule has 1 atom stereocenters. The third kappa shape index (κ3) is 3.24. The molecule has 9 nitrogen and oxygen atoms in total. The van der Waals surface area contributed by atoms with Crippen LogP contribution < -0.4 is 5.01 Å². The van der Waals surface area contributed by atoms with Gasteiger partial charge in [0.15, 0.2) is 6.04 Å². The van der Waals surface area contributed by atoms with Gasteiger partial charge in [-0.2, -0.15) is 20.3 Å². The largest absolute Gasteiger partial charge is 0.501 e. The first-order valence-corrected chi connectivity index (χ1v) is 7.78. The second-order valence-electron chi connectivity index (χ2n) is 5.39. The Morgan fingerprint density at radius 3 is 2.65 bits per heavy atom. The van der Waals surface area contributed by atoms with Crippen LogP contribution in [0.15, 0.2) is 57.8 Å². The zero-order valence-electron chi connectivity index (χ0n) is 13.4. The molecule has 0 radical (unpaired) electrons. The number of rotatable bonds is 4. The summed E-state index contributed by atoms with van der Waals surface area (Å²) in [7, 11) is 0. The molecule has 26 heavy (non-hydrogen) atoms. The smallest absolute Gasteiger partial charge is 0.314 e. The van der Waals surface area contributed by atoms with Crippen molar-refractivity contribution in [1.82, 2.24) is 0 Å². The highest BCUT2D eigenvalue weighted by Crippen LogP contribution is 2.39. The molecule has 132 valence electrons. The van der Waals surface area contributed by atoms with Crippen LogP contribution in [0.25, 0.3) is 0 Å². The molecule has 2 aromatic rings. The quantitative estimate of drug-likeness (QED) is 0.497. The zero-order valence-corrected chi connectivity index (χ0v) is 14.2. The molecule has 0 saturated carbocycles. The number of para-hydroxylation sites is 1. The molecule has 1 aliphatic heterocycles. The third-order valence-electron chi connectivity index (χ3n) is 3.61. The summed E-state index contributed by atoms with van der Waals surface area (Å²) >= 11 is 5.81. The van der Waals surface area contributed by atoms with Crippen LogP contribution in [0, 0.1) is 10.1 Å². The molecule has 3 rings (SSSR count). The summed E-state index contributed by atoms with van der Waals surface area (Å²) in [5.41, 5.74) is 0.179. The molecule has 0 bridgehead atoms. The number of hydrazone groups is 1. The zero-order chi connectivity index (χ0) is 18.8. The second-order valence-corrected chi connectivity index (χ2v) is 5.83. The molecule has 1 amide bonds. The summed E-state index contributed by atoms with van der Waals surface area (Å²) < 4.78 is 0. The Bertz CT molecular complexity index is 945. The van der Waals surface area contributed by atoms with Gasteiger partial charge in [-0.3, -0.25) is 14.9 Å². The van der Waals surface area contributed by atoms with Crippen molar-refractivity contribution in [3.8, 4) is 5.75 Å². The van der Waals surface area contributed by atoms with Gasteiger partial charge in [-0.25, -0.2) is 0 Å². The standard InChI is InChI=1S/C16H12ClN5O4/c1-9-14(16(24)21(20-9)11-5-3-2-4-6-11)19-18-12-7-10(17)8-13(15(12)23)22(25)26/h2-8,14,23H,1H3/t14-/m1/s1. The Balaban J connectivity index is 1.89. The number of nitrogens with zero attached hydrogens (tertiary/aromatic N) is 5. The van der Waals surface area contributed by atoms with E-state index in [1.165, 1.54) is 11.1 Å². The fourth-order valence-corrected chi connectivity index (χ4v) is 2.56. The van der Waals surface area contributed by atoms with Crippen molar-refractivity contribution in [3.63, 3.8) is 0 Å². The van der Waals surface area contributed by atoms with Gasteiger partial charge in [0.05, 0.1) is 16.3 Å². The van der Waals surface area contributed by atoms with Crippen LogP contribution in [-0.4, -0.2) is 27.7 Å². The number of aromatic hydroxyl groups is 1. The van der Waals surface area contributed by atoms with Gasteiger partial charge < -0.3 is 5.11 Å². The minimum atomic E-state index is -0.993. The lowest BCUT2D eigenvalue weighted by Gasteiger charge is -2.11. The minimum Gasteiger partial charge on any atom is -0.501 e. The molecule has 2 aromatic carbocycles. The van der Waals surface area contributed by atoms with Crippen LogP contribution in [0.1, 0.15) is 6.92 Å². The molecule has 10 heteroatoms. The molecular weight excluding hydrogens is 362 g/mol. The molecule has 1 N–H and O–H groups in total. The number of azo groups is 1. The van der Waals surface area contributed by atoms with E-state index in [0.717, 1.165) is 6.07 Å². The Morgan fingerprint density at radius 2 is 2.00 bits per heavy atom. The van der Waals surface area contributed by atoms with Crippen molar-refractivity contribution in [3.05, 3.63) is 57.6 Å². The molecule has 0 spiro atoms. The summed E-state index contributed by atoms with van der Waals surface area (Å²) in [6.45, 7) is 1.62. The summed E-state index contributed by atoms with van der Waals surface area (Å²) in [6.07, 6.45) is 0. The van der Waals surface area contributed by atoms with Crippen LogP contribution in [0.3, 0.4) is 0 Å². The number of amides is 1. The van der Waals surface area contributed by atoms with Gasteiger partial charge in [-0.05, 0) is 25.1 Å². The van der Waals surface area contributed by atoms with Crippen LogP contribution in [0.2, 0.25) is 5.02 Å². The second kappa shape index (κ2) is 6.89. The number of nitro groups is 1. The van der Waals surface area contributed by atoms with Crippen molar-refractivity contribution in [2.75, 3.05) is 5.01 Å². The van der Waals surface area contributed by atoms with Crippen LogP contribution in [0.4, 0.5) is 17.1 Å². The maximum absolute atomic E-state index is 12.5. The molecule has 0 aromatic heterocycles. The number of hydrogen-bond acceptors (Lipinski definition) is 7. The van der Waals surface area contributed by atoms with E-state index < -0.39 is 28.3 Å². The number of benzene rings is 2. The highest BCUT2D eigenvalue weighted by molar-refractivity contribution is 6.31. The summed E-state index contributed by atoms with van der Waals surface area (Å²) in [4.78, 5) is 22.7. The lowest BCUT2D eigenvalue weighted by atomic mass is 10.2. The summed E-state index contributed by atoms with van der Waals surface area (Å²) in [6, 6.07) is 10.0. The van der Waals surface area contributed by atoms with Crippen LogP contribution in [0.5, 0.6) is 5.75 Å². The first-order valence-electron chi connectivity index (χ1n) is 7.40. The van der Waals surface area contributed by atoms with Gasteiger partial charge >= 0.3 is 5.69 Å². The van der Waals surface area contributed by atoms with E-state index in [4.69, 9.17) is 11.6 Å². The molecule has 0 aliphatic carbocycles. The topological polar surface area (TPSA) is 121 Å². The Hall–Kier alpha value is -3.33. The van der Waals surface area contributed by atoms with Crippen molar-refractivity contribution in [1.29, 1.82) is 0 Å². The number of phenolic OH excluding ortho intramolecular Hbond substituents is 1. The lowest BCUT2D eigenvalue weighted by Crippen LogP contribution is -2.29. The van der Waals surface area contributed by atoms with Gasteiger partial charge in [-0.1, -0.05) is 29.8 Å². The fourth-order valence-electron chi connectivity index (χ4n) is 2.35. The normalized spacial score (nSPS) is 17.0. The van der Waals surface area contributed by atoms with E-state index >= 15 is 0 Å². The SMILES string of the molecule is CC1=NN(c2ccccc2)C(=O)[C@@H]1N=Nc1cc(Cl)cc([N+](=O)[O-])c1O. The fraction of sp³-hybridized carbons (Fsp3) is 0.125. The van der Waals surface area contributed by atoms with E-state index in [-0.39, 0.29) is 10.7 Å². The summed E-state index contributed by atoms with van der Waals surface area (Å²) in [5, 5.41) is 33.9. The average Bonchev–Trinajstić information content (AvgIpc) is 2.90. The van der Waals surface area contributed by atoms with E-state index in [2.05, 4.69) is 15.3 Å². The third-order valence-corrected chi connectivity index (χ3v) is 3.83. The average molecular weight is 374 g/mol. The Labute approximate surface area is 152 Å². The maximum Gasteiger partial charge on any atom is 0.314 e. The maximum atomic E-state index is 12.5. The van der Waals surface area contributed by atoms with Crippen LogP contribution in [-0.2, 0) is 4.79 Å². The van der Waals surface area contributed by atoms with E-state index in [9.17, 15) is 20.0 Å². The highest BCUT2D eigenvalue weighted by Gasteiger charge is 2.34.